The number of pyridine rings is 1. The highest BCUT2D eigenvalue weighted by atomic mass is 35.5. The van der Waals surface area contributed by atoms with Crippen LogP contribution in [-0.4, -0.2) is 33.7 Å². The Morgan fingerprint density at radius 3 is 2.34 bits per heavy atom. The van der Waals surface area contributed by atoms with E-state index >= 15 is 0 Å². The highest BCUT2D eigenvalue weighted by Gasteiger charge is 2.42. The van der Waals surface area contributed by atoms with E-state index in [4.69, 9.17) is 16.3 Å². The summed E-state index contributed by atoms with van der Waals surface area (Å²) in [5, 5.41) is 6.75. The van der Waals surface area contributed by atoms with Crippen molar-refractivity contribution in [2.24, 2.45) is 11.8 Å². The van der Waals surface area contributed by atoms with Gasteiger partial charge in [0.2, 0.25) is 5.88 Å². The van der Waals surface area contributed by atoms with E-state index in [1.54, 1.807) is 6.07 Å². The van der Waals surface area contributed by atoms with Crippen molar-refractivity contribution in [3.05, 3.63) is 41.3 Å². The lowest BCUT2D eigenvalue weighted by molar-refractivity contribution is -0.179. The largest absolute Gasteiger partial charge is 0.478 e. The molecule has 0 bridgehead atoms. The summed E-state index contributed by atoms with van der Waals surface area (Å²) in [5.41, 5.74) is -0.0454. The molecule has 2 aromatic rings. The number of rotatable bonds is 18. The normalized spacial score (nSPS) is 13.5. The van der Waals surface area contributed by atoms with Crippen molar-refractivity contribution in [1.82, 2.24) is 15.2 Å². The van der Waals surface area contributed by atoms with Crippen LogP contribution in [0.15, 0.2) is 30.6 Å². The van der Waals surface area contributed by atoms with E-state index in [1.807, 2.05) is 0 Å². The molecule has 0 aliphatic heterocycles. The van der Waals surface area contributed by atoms with Gasteiger partial charge in [-0.1, -0.05) is 76.3 Å². The SMILES string of the molecule is CCCCCCCCCCCC(COc1ccn[nH]1)CC(CC(=O)c1cc(Cl)ccn1)C(F)(F)F. The monoisotopic (exact) mass is 515 g/mol. The molecule has 2 unspecified atom stereocenters. The van der Waals surface area contributed by atoms with Crippen LogP contribution in [0.25, 0.3) is 0 Å². The first-order valence-electron chi connectivity index (χ1n) is 12.6. The van der Waals surface area contributed by atoms with Gasteiger partial charge in [-0.15, -0.1) is 0 Å². The molecule has 2 aromatic heterocycles. The lowest BCUT2D eigenvalue weighted by atomic mass is 9.86. The van der Waals surface area contributed by atoms with Crippen LogP contribution in [0.1, 0.15) is 94.5 Å². The van der Waals surface area contributed by atoms with Crippen LogP contribution in [-0.2, 0) is 0 Å². The minimum absolute atomic E-state index is 0.0454. The third-order valence-corrected chi connectivity index (χ3v) is 6.42. The van der Waals surface area contributed by atoms with Crippen molar-refractivity contribution in [3.63, 3.8) is 0 Å². The molecule has 0 aromatic carbocycles. The highest BCUT2D eigenvalue weighted by molar-refractivity contribution is 6.30. The first-order valence-corrected chi connectivity index (χ1v) is 13.0. The van der Waals surface area contributed by atoms with Crippen molar-refractivity contribution < 1.29 is 22.7 Å². The Morgan fingerprint density at radius 2 is 1.74 bits per heavy atom. The number of carbonyl (C=O) groups is 1. The van der Waals surface area contributed by atoms with E-state index in [9.17, 15) is 18.0 Å². The second-order valence-corrected chi connectivity index (χ2v) is 9.61. The van der Waals surface area contributed by atoms with Crippen molar-refractivity contribution >= 4 is 17.4 Å². The predicted octanol–water partition coefficient (Wildman–Crippen LogP) is 8.22. The maximum absolute atomic E-state index is 13.9. The van der Waals surface area contributed by atoms with Gasteiger partial charge in [-0.2, -0.15) is 18.3 Å². The number of hydrogen-bond acceptors (Lipinski definition) is 4. The highest BCUT2D eigenvalue weighted by Crippen LogP contribution is 2.36. The Balaban J connectivity index is 1.92. The number of aromatic amines is 1. The van der Waals surface area contributed by atoms with Gasteiger partial charge in [0, 0.05) is 23.7 Å². The van der Waals surface area contributed by atoms with Gasteiger partial charge in [0.1, 0.15) is 5.69 Å². The number of Topliss-reactive ketones (excluding diaryl/α,β-unsaturated/α-hetero) is 1. The minimum atomic E-state index is -4.50. The zero-order chi connectivity index (χ0) is 25.5. The first kappa shape index (κ1) is 29.1. The summed E-state index contributed by atoms with van der Waals surface area (Å²) in [4.78, 5) is 16.4. The molecule has 2 rings (SSSR count). The molecule has 0 radical (unpaired) electrons. The zero-order valence-corrected chi connectivity index (χ0v) is 21.2. The number of alkyl halides is 3. The number of halogens is 4. The lowest BCUT2D eigenvalue weighted by Crippen LogP contribution is -2.30. The van der Waals surface area contributed by atoms with Crippen molar-refractivity contribution in [2.45, 2.75) is 90.1 Å². The summed E-state index contributed by atoms with van der Waals surface area (Å²) in [6.45, 7) is 2.33. The van der Waals surface area contributed by atoms with Gasteiger partial charge in [-0.05, 0) is 30.9 Å². The number of aromatic nitrogens is 3. The van der Waals surface area contributed by atoms with Gasteiger partial charge < -0.3 is 4.74 Å². The van der Waals surface area contributed by atoms with Crippen LogP contribution < -0.4 is 4.74 Å². The molecule has 2 heterocycles. The number of carbonyl (C=O) groups excluding carboxylic acids is 1. The van der Waals surface area contributed by atoms with Crippen LogP contribution in [0.2, 0.25) is 5.02 Å². The average molecular weight is 516 g/mol. The molecule has 35 heavy (non-hydrogen) atoms. The Bertz CT molecular complexity index is 847. The molecule has 0 spiro atoms. The number of nitrogens with one attached hydrogen (secondary N) is 1. The molecule has 196 valence electrons. The summed E-state index contributed by atoms with van der Waals surface area (Å²) >= 11 is 5.88. The van der Waals surface area contributed by atoms with E-state index in [0.29, 0.717) is 12.3 Å². The summed E-state index contributed by atoms with van der Waals surface area (Å²) in [6, 6.07) is 4.41. The Labute approximate surface area is 211 Å². The van der Waals surface area contributed by atoms with E-state index in [2.05, 4.69) is 22.1 Å². The number of ketones is 1. The fourth-order valence-electron chi connectivity index (χ4n) is 4.16. The molecule has 0 aliphatic rings. The summed E-state index contributed by atoms with van der Waals surface area (Å²) in [6.07, 6.45) is 8.41. The van der Waals surface area contributed by atoms with Crippen LogP contribution in [0.3, 0.4) is 0 Å². The number of H-pyrrole nitrogens is 1. The van der Waals surface area contributed by atoms with Crippen LogP contribution in [0.5, 0.6) is 5.88 Å². The van der Waals surface area contributed by atoms with Gasteiger partial charge in [-0.25, -0.2) is 5.10 Å². The molecule has 0 saturated heterocycles. The molecule has 5 nitrogen and oxygen atoms in total. The van der Waals surface area contributed by atoms with Gasteiger partial charge in [0.25, 0.3) is 0 Å². The molecule has 1 N–H and O–H groups in total. The molecule has 2 atom stereocenters. The molecular formula is C26H37ClF3N3O2. The van der Waals surface area contributed by atoms with Crippen molar-refractivity contribution in [2.75, 3.05) is 6.61 Å². The summed E-state index contributed by atoms with van der Waals surface area (Å²) in [7, 11) is 0. The number of nitrogens with zero attached hydrogens (tertiary/aromatic N) is 2. The van der Waals surface area contributed by atoms with Gasteiger partial charge in [0.15, 0.2) is 5.78 Å². The van der Waals surface area contributed by atoms with E-state index in [1.165, 1.54) is 56.6 Å². The first-order chi connectivity index (χ1) is 16.8. The topological polar surface area (TPSA) is 67.9 Å². The maximum atomic E-state index is 13.9. The van der Waals surface area contributed by atoms with Gasteiger partial charge in [-0.3, -0.25) is 9.78 Å². The maximum Gasteiger partial charge on any atom is 0.392 e. The van der Waals surface area contributed by atoms with E-state index in [0.717, 1.165) is 25.7 Å². The third-order valence-electron chi connectivity index (χ3n) is 6.19. The Kier molecular flexibility index (Phi) is 13.2. The molecule has 9 heteroatoms. The molecular weight excluding hydrogens is 479 g/mol. The predicted molar refractivity (Wildman–Crippen MR) is 132 cm³/mol. The number of hydrogen-bond donors (Lipinski definition) is 1. The van der Waals surface area contributed by atoms with Crippen molar-refractivity contribution in [1.29, 1.82) is 0 Å². The number of unbranched alkanes of at least 4 members (excludes halogenated alkanes) is 8. The quantitative estimate of drug-likeness (QED) is 0.160. The van der Waals surface area contributed by atoms with Crippen LogP contribution in [0, 0.1) is 11.8 Å². The lowest BCUT2D eigenvalue weighted by Gasteiger charge is -2.25. The molecule has 0 saturated carbocycles. The van der Waals surface area contributed by atoms with Crippen molar-refractivity contribution in [3.8, 4) is 5.88 Å². The zero-order valence-electron chi connectivity index (χ0n) is 20.5. The standard InChI is InChI=1S/C26H37ClF3N3O2/c1-2-3-4-5-6-7-8-9-10-11-20(19-35-25-13-15-32-33-25)16-21(26(28,29)30)17-24(34)23-18-22(27)12-14-31-23/h12-15,18,20-21H,2-11,16-17,19H2,1H3,(H,32,33). The second kappa shape index (κ2) is 15.8. The Hall–Kier alpha value is -2.09. The third kappa shape index (κ3) is 11.9. The molecule has 0 fully saturated rings. The van der Waals surface area contributed by atoms with E-state index in [-0.39, 0.29) is 29.7 Å². The second-order valence-electron chi connectivity index (χ2n) is 9.18. The van der Waals surface area contributed by atoms with Gasteiger partial charge in [0.05, 0.1) is 18.7 Å². The summed E-state index contributed by atoms with van der Waals surface area (Å²) < 4.78 is 47.4. The fraction of sp³-hybridized carbons (Fsp3) is 0.654. The van der Waals surface area contributed by atoms with Crippen LogP contribution >= 0.6 is 11.6 Å². The molecule has 0 amide bonds. The minimum Gasteiger partial charge on any atom is -0.478 e. The fourth-order valence-corrected chi connectivity index (χ4v) is 4.32. The van der Waals surface area contributed by atoms with Gasteiger partial charge >= 0.3 is 6.18 Å². The number of ether oxygens (including phenoxy) is 1. The van der Waals surface area contributed by atoms with E-state index < -0.39 is 24.3 Å². The smallest absolute Gasteiger partial charge is 0.392 e. The van der Waals surface area contributed by atoms with Crippen LogP contribution in [0.4, 0.5) is 13.2 Å². The molecule has 0 aliphatic carbocycles. The Morgan fingerprint density at radius 1 is 1.06 bits per heavy atom. The summed E-state index contributed by atoms with van der Waals surface area (Å²) in [5.74, 6) is -2.35. The average Bonchev–Trinajstić information content (AvgIpc) is 3.33.